The lowest BCUT2D eigenvalue weighted by molar-refractivity contribution is 0.0548. The van der Waals surface area contributed by atoms with E-state index in [-0.39, 0.29) is 42.0 Å². The van der Waals surface area contributed by atoms with Crippen molar-refractivity contribution in [1.29, 1.82) is 0 Å². The molecule has 0 unspecified atom stereocenters. The number of ether oxygens (including phenoxy) is 1. The van der Waals surface area contributed by atoms with E-state index in [4.69, 9.17) is 4.74 Å². The quantitative estimate of drug-likeness (QED) is 0.197. The van der Waals surface area contributed by atoms with Crippen LogP contribution in [0.25, 0.3) is 5.65 Å². The molecule has 0 saturated carbocycles. The standard InChI is InChI=1S/C29H25BrFN5O5/c1-3-10-41-29(40)18-5-6-19-17(15(18)2)7-8-22(19)35-28(39)24-12-23(34-26-21(31)14-33-36(24)26)27(38)32-13-16-4-9-25(37)20(30)11-16/h3-6,9,11-12,14,22,37H,1,7-8,10,13H2,2H3,(H,32,38)(H,35,39)/t22-/m0/s1. The number of carbonyl (C=O) groups excluding carboxylic acids is 3. The Bertz CT molecular complexity index is 1720. The maximum atomic E-state index is 14.5. The first-order chi connectivity index (χ1) is 19.7. The van der Waals surface area contributed by atoms with Crippen molar-refractivity contribution >= 4 is 39.4 Å². The Morgan fingerprint density at radius 2 is 2.05 bits per heavy atom. The van der Waals surface area contributed by atoms with E-state index >= 15 is 0 Å². The first-order valence-corrected chi connectivity index (χ1v) is 13.5. The van der Waals surface area contributed by atoms with Crippen LogP contribution in [0.15, 0.2) is 59.7 Å². The van der Waals surface area contributed by atoms with Crippen LogP contribution < -0.4 is 10.6 Å². The summed E-state index contributed by atoms with van der Waals surface area (Å²) in [6, 6.07) is 9.13. The molecule has 0 spiro atoms. The summed E-state index contributed by atoms with van der Waals surface area (Å²) in [7, 11) is 0. The maximum absolute atomic E-state index is 14.5. The number of amides is 2. The van der Waals surface area contributed by atoms with E-state index in [0.29, 0.717) is 28.4 Å². The predicted molar refractivity (Wildman–Crippen MR) is 150 cm³/mol. The Balaban J connectivity index is 1.38. The smallest absolute Gasteiger partial charge is 0.338 e. The minimum atomic E-state index is -0.783. The van der Waals surface area contributed by atoms with Gasteiger partial charge in [-0.15, -0.1) is 0 Å². The van der Waals surface area contributed by atoms with Gasteiger partial charge in [-0.05, 0) is 76.1 Å². The number of esters is 1. The fourth-order valence-corrected chi connectivity index (χ4v) is 5.27. The fourth-order valence-electron chi connectivity index (χ4n) is 4.84. The van der Waals surface area contributed by atoms with Crippen molar-refractivity contribution in [3.63, 3.8) is 0 Å². The number of halogens is 2. The van der Waals surface area contributed by atoms with Gasteiger partial charge >= 0.3 is 5.97 Å². The third-order valence-corrected chi connectivity index (χ3v) is 7.54. The molecule has 1 aliphatic rings. The number of benzene rings is 2. The lowest BCUT2D eigenvalue weighted by Crippen LogP contribution is -2.30. The molecule has 2 aromatic carbocycles. The molecule has 0 fully saturated rings. The highest BCUT2D eigenvalue weighted by molar-refractivity contribution is 9.10. The van der Waals surface area contributed by atoms with Crippen LogP contribution >= 0.6 is 15.9 Å². The van der Waals surface area contributed by atoms with Crippen LogP contribution in [0.1, 0.15) is 66.1 Å². The van der Waals surface area contributed by atoms with Crippen LogP contribution in [0.3, 0.4) is 0 Å². The molecule has 12 heteroatoms. The van der Waals surface area contributed by atoms with E-state index in [0.717, 1.165) is 27.4 Å². The number of carbonyl (C=O) groups is 3. The lowest BCUT2D eigenvalue weighted by Gasteiger charge is -2.16. The zero-order valence-electron chi connectivity index (χ0n) is 21.9. The lowest BCUT2D eigenvalue weighted by atomic mass is 9.98. The number of hydrogen-bond acceptors (Lipinski definition) is 7. The average molecular weight is 622 g/mol. The SMILES string of the molecule is C=CCOC(=O)c1ccc2c(c1C)CC[C@@H]2NC(=O)c1cc(C(=O)NCc2ccc(O)c(Br)c2)nc2c(F)cnn12. The minimum Gasteiger partial charge on any atom is -0.507 e. The Morgan fingerprint density at radius 3 is 2.80 bits per heavy atom. The van der Waals surface area contributed by atoms with E-state index in [9.17, 15) is 23.9 Å². The molecule has 1 aliphatic carbocycles. The third kappa shape index (κ3) is 5.55. The van der Waals surface area contributed by atoms with Gasteiger partial charge in [0.15, 0.2) is 11.5 Å². The number of rotatable bonds is 8. The van der Waals surface area contributed by atoms with Crippen molar-refractivity contribution in [3.05, 3.63) is 105 Å². The summed E-state index contributed by atoms with van der Waals surface area (Å²) < 4.78 is 21.2. The number of aromatic nitrogens is 3. The highest BCUT2D eigenvalue weighted by atomic mass is 79.9. The zero-order chi connectivity index (χ0) is 29.3. The van der Waals surface area contributed by atoms with E-state index in [1.165, 1.54) is 18.2 Å². The topological polar surface area (TPSA) is 135 Å². The van der Waals surface area contributed by atoms with Gasteiger partial charge in [-0.3, -0.25) is 9.59 Å². The molecule has 2 aromatic heterocycles. The number of nitrogens with zero attached hydrogens (tertiary/aromatic N) is 3. The number of hydrogen-bond donors (Lipinski definition) is 3. The van der Waals surface area contributed by atoms with Crippen LogP contribution in [0.4, 0.5) is 4.39 Å². The number of phenols is 1. The summed E-state index contributed by atoms with van der Waals surface area (Å²) in [5.41, 5.74) is 3.27. The first kappa shape index (κ1) is 28.0. The van der Waals surface area contributed by atoms with Gasteiger partial charge in [0.25, 0.3) is 11.8 Å². The van der Waals surface area contributed by atoms with Crippen molar-refractivity contribution in [3.8, 4) is 5.75 Å². The molecule has 10 nitrogen and oxygen atoms in total. The molecule has 5 rings (SSSR count). The van der Waals surface area contributed by atoms with Crippen molar-refractivity contribution in [1.82, 2.24) is 25.2 Å². The molecule has 0 radical (unpaired) electrons. The van der Waals surface area contributed by atoms with E-state index in [1.807, 2.05) is 6.92 Å². The molecule has 210 valence electrons. The number of nitrogens with one attached hydrogen (secondary N) is 2. The van der Waals surface area contributed by atoms with Gasteiger partial charge in [-0.2, -0.15) is 5.10 Å². The van der Waals surface area contributed by atoms with Gasteiger partial charge < -0.3 is 20.5 Å². The second kappa shape index (κ2) is 11.5. The Morgan fingerprint density at radius 1 is 1.24 bits per heavy atom. The molecule has 1 atom stereocenters. The summed E-state index contributed by atoms with van der Waals surface area (Å²) in [5.74, 6) is -2.35. The van der Waals surface area contributed by atoms with E-state index < -0.39 is 23.6 Å². The summed E-state index contributed by atoms with van der Waals surface area (Å²) in [6.07, 6.45) is 3.65. The normalized spacial score (nSPS) is 14.0. The summed E-state index contributed by atoms with van der Waals surface area (Å²) in [4.78, 5) is 42.9. The molecule has 0 aliphatic heterocycles. The maximum Gasteiger partial charge on any atom is 0.338 e. The number of aromatic hydroxyl groups is 1. The molecular weight excluding hydrogens is 597 g/mol. The van der Waals surface area contributed by atoms with Gasteiger partial charge in [0.1, 0.15) is 23.7 Å². The Kier molecular flexibility index (Phi) is 7.84. The van der Waals surface area contributed by atoms with Crippen LogP contribution in [0.5, 0.6) is 5.75 Å². The monoisotopic (exact) mass is 621 g/mol. The van der Waals surface area contributed by atoms with Crippen LogP contribution in [0.2, 0.25) is 0 Å². The molecular formula is C29H25BrFN5O5. The molecule has 41 heavy (non-hydrogen) atoms. The third-order valence-electron chi connectivity index (χ3n) is 6.91. The van der Waals surface area contributed by atoms with Crippen LogP contribution in [-0.4, -0.2) is 44.1 Å². The van der Waals surface area contributed by atoms with Gasteiger partial charge in [-0.25, -0.2) is 18.7 Å². The van der Waals surface area contributed by atoms with Crippen molar-refractivity contribution in [2.75, 3.05) is 6.61 Å². The fraction of sp³-hybridized carbons (Fsp3) is 0.207. The van der Waals surface area contributed by atoms with Crippen molar-refractivity contribution < 1.29 is 28.6 Å². The molecule has 2 heterocycles. The van der Waals surface area contributed by atoms with E-state index in [1.54, 1.807) is 24.3 Å². The summed E-state index contributed by atoms with van der Waals surface area (Å²) >= 11 is 3.23. The predicted octanol–water partition coefficient (Wildman–Crippen LogP) is 4.34. The zero-order valence-corrected chi connectivity index (χ0v) is 23.5. The van der Waals surface area contributed by atoms with Crippen LogP contribution in [0, 0.1) is 12.7 Å². The van der Waals surface area contributed by atoms with Crippen molar-refractivity contribution in [2.24, 2.45) is 0 Å². The second-order valence-corrected chi connectivity index (χ2v) is 10.3. The van der Waals surface area contributed by atoms with Crippen molar-refractivity contribution in [2.45, 2.75) is 32.4 Å². The summed E-state index contributed by atoms with van der Waals surface area (Å²) in [5, 5.41) is 19.3. The van der Waals surface area contributed by atoms with Gasteiger partial charge in [0.05, 0.1) is 22.3 Å². The summed E-state index contributed by atoms with van der Waals surface area (Å²) in [6.45, 7) is 5.61. The highest BCUT2D eigenvalue weighted by Gasteiger charge is 2.29. The van der Waals surface area contributed by atoms with E-state index in [2.05, 4.69) is 43.2 Å². The Hall–Kier alpha value is -4.58. The van der Waals surface area contributed by atoms with Crippen LogP contribution in [-0.2, 0) is 17.7 Å². The molecule has 2 amide bonds. The molecule has 0 bridgehead atoms. The molecule has 0 saturated heterocycles. The Labute approximate surface area is 242 Å². The molecule has 4 aromatic rings. The second-order valence-electron chi connectivity index (χ2n) is 9.48. The molecule has 3 N–H and O–H groups in total. The highest BCUT2D eigenvalue weighted by Crippen LogP contribution is 2.35. The number of phenolic OH excluding ortho intramolecular Hbond substituents is 1. The minimum absolute atomic E-state index is 0.0607. The average Bonchev–Trinajstić information content (AvgIpc) is 3.55. The van der Waals surface area contributed by atoms with Gasteiger partial charge in [0, 0.05) is 12.6 Å². The van der Waals surface area contributed by atoms with Gasteiger partial charge in [0.2, 0.25) is 0 Å². The number of fused-ring (bicyclic) bond motifs is 2. The van der Waals surface area contributed by atoms with Gasteiger partial charge in [-0.1, -0.05) is 24.8 Å². The largest absolute Gasteiger partial charge is 0.507 e. The first-order valence-electron chi connectivity index (χ1n) is 12.7.